The van der Waals surface area contributed by atoms with Gasteiger partial charge in [-0.2, -0.15) is 0 Å². The average Bonchev–Trinajstić information content (AvgIpc) is 3.19. The van der Waals surface area contributed by atoms with E-state index in [1.165, 1.54) is 6.42 Å². The molecule has 4 heteroatoms. The fourth-order valence-corrected chi connectivity index (χ4v) is 3.02. The van der Waals surface area contributed by atoms with Gasteiger partial charge in [-0.1, -0.05) is 0 Å². The van der Waals surface area contributed by atoms with Crippen molar-refractivity contribution in [1.29, 1.82) is 0 Å². The molecule has 17 heavy (non-hydrogen) atoms. The number of amides is 2. The molecule has 3 saturated carbocycles. The fraction of sp³-hybridized carbons (Fsp3) is 0.846. The third-order valence-corrected chi connectivity index (χ3v) is 4.29. The van der Waals surface area contributed by atoms with Crippen molar-refractivity contribution in [2.24, 2.45) is 17.8 Å². The molecule has 0 radical (unpaired) electrons. The Balaban J connectivity index is 1.45. The highest BCUT2D eigenvalue weighted by atomic mass is 16.2. The van der Waals surface area contributed by atoms with Crippen LogP contribution in [0.2, 0.25) is 0 Å². The smallest absolute Gasteiger partial charge is 0.239 e. The van der Waals surface area contributed by atoms with E-state index in [4.69, 9.17) is 0 Å². The summed E-state index contributed by atoms with van der Waals surface area (Å²) < 4.78 is 0. The number of fused-ring (bicyclic) bond motifs is 1. The third-order valence-electron chi connectivity index (χ3n) is 4.29. The second-order valence-electron chi connectivity index (χ2n) is 5.96. The van der Waals surface area contributed by atoms with Gasteiger partial charge >= 0.3 is 0 Å². The molecule has 1 N–H and O–H groups in total. The molecule has 2 unspecified atom stereocenters. The molecule has 94 valence electrons. The fourth-order valence-electron chi connectivity index (χ4n) is 3.02. The summed E-state index contributed by atoms with van der Waals surface area (Å²) in [5.41, 5.74) is 0. The van der Waals surface area contributed by atoms with E-state index in [9.17, 15) is 9.59 Å². The standard InChI is InChI=1S/C13H20N2O2/c1-15(7-12(16)14-11-2-3-11)13(17)10-5-8-4-9(8)6-10/h8-11H,2-7H2,1H3,(H,14,16). The van der Waals surface area contributed by atoms with Crippen LogP contribution in [-0.2, 0) is 9.59 Å². The zero-order valence-electron chi connectivity index (χ0n) is 10.3. The summed E-state index contributed by atoms with van der Waals surface area (Å²) in [7, 11) is 1.75. The highest BCUT2D eigenvalue weighted by Crippen LogP contribution is 2.54. The first kappa shape index (κ1) is 11.1. The van der Waals surface area contributed by atoms with Gasteiger partial charge in [0.15, 0.2) is 0 Å². The van der Waals surface area contributed by atoms with Crippen LogP contribution in [0.15, 0.2) is 0 Å². The van der Waals surface area contributed by atoms with Crippen LogP contribution in [0.5, 0.6) is 0 Å². The molecular formula is C13H20N2O2. The van der Waals surface area contributed by atoms with Crippen molar-refractivity contribution in [3.63, 3.8) is 0 Å². The first-order valence-corrected chi connectivity index (χ1v) is 6.68. The van der Waals surface area contributed by atoms with Gasteiger partial charge in [-0.3, -0.25) is 9.59 Å². The molecule has 3 fully saturated rings. The van der Waals surface area contributed by atoms with Crippen molar-refractivity contribution in [2.45, 2.75) is 38.1 Å². The summed E-state index contributed by atoms with van der Waals surface area (Å²) in [6.07, 6.45) is 5.62. The van der Waals surface area contributed by atoms with Crippen molar-refractivity contribution in [3.05, 3.63) is 0 Å². The third kappa shape index (κ3) is 2.45. The lowest BCUT2D eigenvalue weighted by atomic mass is 10.0. The lowest BCUT2D eigenvalue weighted by Crippen LogP contribution is -2.41. The molecule has 0 aromatic heterocycles. The van der Waals surface area contributed by atoms with Crippen LogP contribution < -0.4 is 5.32 Å². The molecule has 0 saturated heterocycles. The van der Waals surface area contributed by atoms with E-state index in [0.29, 0.717) is 6.04 Å². The average molecular weight is 236 g/mol. The van der Waals surface area contributed by atoms with Gasteiger partial charge in [0.2, 0.25) is 11.8 Å². The Morgan fingerprint density at radius 1 is 1.18 bits per heavy atom. The molecule has 3 aliphatic carbocycles. The van der Waals surface area contributed by atoms with Crippen LogP contribution in [-0.4, -0.2) is 36.3 Å². The number of rotatable bonds is 4. The van der Waals surface area contributed by atoms with Crippen molar-refractivity contribution < 1.29 is 9.59 Å². The minimum Gasteiger partial charge on any atom is -0.352 e. The molecule has 2 atom stereocenters. The van der Waals surface area contributed by atoms with Crippen molar-refractivity contribution in [3.8, 4) is 0 Å². The quantitative estimate of drug-likeness (QED) is 0.784. The second-order valence-corrected chi connectivity index (χ2v) is 5.96. The van der Waals surface area contributed by atoms with Crippen LogP contribution in [0.1, 0.15) is 32.1 Å². The van der Waals surface area contributed by atoms with Crippen LogP contribution in [0.3, 0.4) is 0 Å². The normalized spacial score (nSPS) is 34.1. The van der Waals surface area contributed by atoms with Gasteiger partial charge in [0.05, 0.1) is 6.54 Å². The first-order valence-electron chi connectivity index (χ1n) is 6.68. The number of carbonyl (C=O) groups excluding carboxylic acids is 2. The summed E-state index contributed by atoms with van der Waals surface area (Å²) in [5, 5.41) is 2.91. The second kappa shape index (κ2) is 4.00. The molecule has 0 aromatic carbocycles. The predicted molar refractivity (Wildman–Crippen MR) is 63.1 cm³/mol. The maximum atomic E-state index is 12.1. The van der Waals surface area contributed by atoms with E-state index >= 15 is 0 Å². The minimum atomic E-state index is -0.00786. The van der Waals surface area contributed by atoms with Gasteiger partial charge in [-0.05, 0) is 43.9 Å². The number of nitrogens with zero attached hydrogens (tertiary/aromatic N) is 1. The van der Waals surface area contributed by atoms with E-state index in [1.807, 2.05) is 0 Å². The lowest BCUT2D eigenvalue weighted by molar-refractivity contribution is -0.138. The molecule has 0 bridgehead atoms. The number of likely N-dealkylation sites (N-methyl/N-ethyl adjacent to an activating group) is 1. The lowest BCUT2D eigenvalue weighted by Gasteiger charge is -2.21. The largest absolute Gasteiger partial charge is 0.352 e. The summed E-state index contributed by atoms with van der Waals surface area (Å²) in [6.45, 7) is 0.223. The molecule has 4 nitrogen and oxygen atoms in total. The Bertz CT molecular complexity index is 341. The number of hydrogen-bond donors (Lipinski definition) is 1. The van der Waals surface area contributed by atoms with Gasteiger partial charge in [0.1, 0.15) is 0 Å². The van der Waals surface area contributed by atoms with E-state index in [1.54, 1.807) is 11.9 Å². The number of carbonyl (C=O) groups is 2. The topological polar surface area (TPSA) is 49.4 Å². The maximum Gasteiger partial charge on any atom is 0.239 e. The van der Waals surface area contributed by atoms with E-state index in [-0.39, 0.29) is 24.3 Å². The minimum absolute atomic E-state index is 0.00786. The van der Waals surface area contributed by atoms with Crippen LogP contribution in [0.25, 0.3) is 0 Å². The van der Waals surface area contributed by atoms with Crippen molar-refractivity contribution in [2.75, 3.05) is 13.6 Å². The maximum absolute atomic E-state index is 12.1. The summed E-state index contributed by atoms with van der Waals surface area (Å²) in [6, 6.07) is 0.380. The highest BCUT2D eigenvalue weighted by Gasteiger charge is 2.48. The summed E-state index contributed by atoms with van der Waals surface area (Å²) >= 11 is 0. The Morgan fingerprint density at radius 2 is 1.82 bits per heavy atom. The zero-order chi connectivity index (χ0) is 12.0. The molecule has 0 aliphatic heterocycles. The SMILES string of the molecule is CN(CC(=O)NC1CC1)C(=O)C1CC2CC2C1. The summed E-state index contributed by atoms with van der Waals surface area (Å²) in [5.74, 6) is 1.99. The van der Waals surface area contributed by atoms with Crippen LogP contribution in [0.4, 0.5) is 0 Å². The van der Waals surface area contributed by atoms with E-state index in [2.05, 4.69) is 5.32 Å². The van der Waals surface area contributed by atoms with Crippen LogP contribution in [0, 0.1) is 17.8 Å². The van der Waals surface area contributed by atoms with E-state index in [0.717, 1.165) is 37.5 Å². The van der Waals surface area contributed by atoms with Gasteiger partial charge in [-0.25, -0.2) is 0 Å². The van der Waals surface area contributed by atoms with Gasteiger partial charge in [0, 0.05) is 19.0 Å². The Kier molecular flexibility index (Phi) is 2.60. The van der Waals surface area contributed by atoms with Gasteiger partial charge in [-0.15, -0.1) is 0 Å². The number of hydrogen-bond acceptors (Lipinski definition) is 2. The monoisotopic (exact) mass is 236 g/mol. The van der Waals surface area contributed by atoms with Crippen molar-refractivity contribution >= 4 is 11.8 Å². The van der Waals surface area contributed by atoms with Gasteiger partial charge < -0.3 is 10.2 Å². The Hall–Kier alpha value is -1.06. The van der Waals surface area contributed by atoms with Crippen molar-refractivity contribution in [1.82, 2.24) is 10.2 Å². The predicted octanol–water partition coefficient (Wildman–Crippen LogP) is 0.769. The number of nitrogens with one attached hydrogen (secondary N) is 1. The molecule has 0 heterocycles. The molecule has 2 amide bonds. The molecule has 3 rings (SSSR count). The van der Waals surface area contributed by atoms with E-state index < -0.39 is 0 Å². The molecule has 0 aromatic rings. The Labute approximate surface area is 102 Å². The molecule has 3 aliphatic rings. The van der Waals surface area contributed by atoms with Crippen LogP contribution >= 0.6 is 0 Å². The highest BCUT2D eigenvalue weighted by molar-refractivity contribution is 5.86. The molecule has 0 spiro atoms. The Morgan fingerprint density at radius 3 is 2.41 bits per heavy atom. The zero-order valence-corrected chi connectivity index (χ0v) is 10.3. The summed E-state index contributed by atoms with van der Waals surface area (Å²) in [4.78, 5) is 25.3. The molecular weight excluding hydrogens is 216 g/mol. The van der Waals surface area contributed by atoms with Gasteiger partial charge in [0.25, 0.3) is 0 Å². The first-order chi connectivity index (χ1) is 8.13.